The number of thioether (sulfide) groups is 1. The van der Waals surface area contributed by atoms with E-state index in [9.17, 15) is 0 Å². The first-order chi connectivity index (χ1) is 13.3. The predicted molar refractivity (Wildman–Crippen MR) is 132 cm³/mol. The molecule has 2 rings (SSSR count). The molecule has 0 bridgehead atoms. The highest BCUT2D eigenvalue weighted by Gasteiger charge is 2.15. The van der Waals surface area contributed by atoms with Crippen molar-refractivity contribution in [3.8, 4) is 5.75 Å². The summed E-state index contributed by atoms with van der Waals surface area (Å²) in [5, 5.41) is 0. The zero-order chi connectivity index (χ0) is 20.7. The second-order valence-corrected chi connectivity index (χ2v) is 9.87. The van der Waals surface area contributed by atoms with Gasteiger partial charge in [-0.2, -0.15) is 0 Å². The van der Waals surface area contributed by atoms with Crippen molar-refractivity contribution in [1.29, 1.82) is 0 Å². The lowest BCUT2D eigenvalue weighted by Gasteiger charge is -2.17. The van der Waals surface area contributed by atoms with Crippen molar-refractivity contribution in [2.75, 3.05) is 6.61 Å². The van der Waals surface area contributed by atoms with Crippen LogP contribution in [0.15, 0.2) is 51.6 Å². The molecule has 0 saturated heterocycles. The third-order valence-corrected chi connectivity index (χ3v) is 7.26. The lowest BCUT2D eigenvalue weighted by molar-refractivity contribution is 0.289. The number of rotatable bonds is 9. The minimum atomic E-state index is 0.497. The van der Waals surface area contributed by atoms with E-state index in [4.69, 9.17) is 30.0 Å². The van der Waals surface area contributed by atoms with Gasteiger partial charge in [0.25, 0.3) is 0 Å². The summed E-state index contributed by atoms with van der Waals surface area (Å²) in [6.07, 6.45) is 2.13. The minimum absolute atomic E-state index is 0.497. The van der Waals surface area contributed by atoms with Crippen molar-refractivity contribution in [1.82, 2.24) is 0 Å². The van der Waals surface area contributed by atoms with E-state index in [1.165, 1.54) is 16.0 Å². The maximum absolute atomic E-state index is 6.14. The zero-order valence-corrected chi connectivity index (χ0v) is 20.1. The van der Waals surface area contributed by atoms with Gasteiger partial charge in [-0.05, 0) is 60.9 Å². The first kappa shape index (κ1) is 23.3. The maximum Gasteiger partial charge on any atom is 0.127 e. The molecule has 1 unspecified atom stereocenters. The number of thiol groups is 2. The third-order valence-electron chi connectivity index (χ3n) is 4.90. The van der Waals surface area contributed by atoms with Crippen LogP contribution < -0.4 is 4.74 Å². The first-order valence-corrected chi connectivity index (χ1v) is 11.7. The van der Waals surface area contributed by atoms with E-state index in [0.29, 0.717) is 18.4 Å². The Morgan fingerprint density at radius 2 is 1.79 bits per heavy atom. The number of aryl methyl sites for hydroxylation is 1. The summed E-state index contributed by atoms with van der Waals surface area (Å²) in [5.74, 6) is 2.00. The van der Waals surface area contributed by atoms with Crippen molar-refractivity contribution >= 4 is 41.9 Å². The predicted octanol–water partition coefficient (Wildman–Crippen LogP) is 8.21. The van der Waals surface area contributed by atoms with Crippen molar-refractivity contribution < 1.29 is 4.74 Å². The topological polar surface area (TPSA) is 9.23 Å². The van der Waals surface area contributed by atoms with Crippen LogP contribution in [0.4, 0.5) is 0 Å². The molecule has 152 valence electrons. The molecule has 0 heterocycles. The van der Waals surface area contributed by atoms with Gasteiger partial charge in [-0.1, -0.05) is 63.7 Å². The molecule has 0 saturated carbocycles. The Bertz CT molecular complexity index is 811. The molecular formula is C24H32OS3. The van der Waals surface area contributed by atoms with Crippen LogP contribution in [-0.2, 0) is 0 Å². The molecule has 0 fully saturated rings. The lowest BCUT2D eigenvalue weighted by Crippen LogP contribution is -2.04. The maximum atomic E-state index is 6.14. The molecule has 28 heavy (non-hydrogen) atoms. The summed E-state index contributed by atoms with van der Waals surface area (Å²) in [4.78, 5) is 2.06. The van der Waals surface area contributed by atoms with E-state index >= 15 is 0 Å². The van der Waals surface area contributed by atoms with Gasteiger partial charge in [0.2, 0.25) is 0 Å². The number of benzene rings is 2. The van der Waals surface area contributed by atoms with E-state index in [1.807, 2.05) is 0 Å². The minimum Gasteiger partial charge on any atom is -0.493 e. The summed E-state index contributed by atoms with van der Waals surface area (Å²) in [6.45, 7) is 11.7. The molecule has 1 atom stereocenters. The highest BCUT2D eigenvalue weighted by atomic mass is 32.2. The Morgan fingerprint density at radius 1 is 1.07 bits per heavy atom. The molecular weight excluding hydrogens is 400 g/mol. The summed E-state index contributed by atoms with van der Waals surface area (Å²) in [5.41, 5.74) is 3.57. The second kappa shape index (κ2) is 11.3. The van der Waals surface area contributed by atoms with Crippen molar-refractivity contribution in [3.05, 3.63) is 63.4 Å². The van der Waals surface area contributed by atoms with Gasteiger partial charge in [0.05, 0.1) is 10.8 Å². The summed E-state index contributed by atoms with van der Waals surface area (Å²) < 4.78 is 7.02. The molecule has 0 spiro atoms. The highest BCUT2D eigenvalue weighted by Crippen LogP contribution is 2.42. The fourth-order valence-corrected chi connectivity index (χ4v) is 4.26. The Labute approximate surface area is 186 Å². The van der Waals surface area contributed by atoms with Crippen LogP contribution in [0.25, 0.3) is 4.91 Å². The summed E-state index contributed by atoms with van der Waals surface area (Å²) in [6, 6.07) is 14.8. The molecule has 0 N–H and O–H groups in total. The molecule has 0 radical (unpaired) electrons. The first-order valence-electron chi connectivity index (χ1n) is 9.96. The van der Waals surface area contributed by atoms with Gasteiger partial charge in [0, 0.05) is 15.4 Å². The average molecular weight is 433 g/mol. The van der Waals surface area contributed by atoms with E-state index < -0.39 is 0 Å². The van der Waals surface area contributed by atoms with Crippen LogP contribution in [0.5, 0.6) is 5.75 Å². The Morgan fingerprint density at radius 3 is 2.43 bits per heavy atom. The van der Waals surface area contributed by atoms with Crippen LogP contribution in [0, 0.1) is 12.8 Å². The van der Waals surface area contributed by atoms with E-state index in [2.05, 4.69) is 77.1 Å². The number of hydrogen-bond acceptors (Lipinski definition) is 4. The molecule has 2 aromatic rings. The van der Waals surface area contributed by atoms with Gasteiger partial charge in [-0.3, -0.25) is 0 Å². The van der Waals surface area contributed by atoms with Gasteiger partial charge in [0.1, 0.15) is 5.75 Å². The molecule has 0 aliphatic rings. The smallest absolute Gasteiger partial charge is 0.127 e. The van der Waals surface area contributed by atoms with Gasteiger partial charge in [-0.15, -0.1) is 25.3 Å². The average Bonchev–Trinajstić information content (AvgIpc) is 2.68. The highest BCUT2D eigenvalue weighted by molar-refractivity contribution is 8.17. The van der Waals surface area contributed by atoms with Gasteiger partial charge in [-0.25, -0.2) is 0 Å². The van der Waals surface area contributed by atoms with Crippen LogP contribution in [0.1, 0.15) is 63.1 Å². The lowest BCUT2D eigenvalue weighted by atomic mass is 9.96. The number of hydrogen-bond donors (Lipinski definition) is 2. The quantitative estimate of drug-likeness (QED) is 0.305. The van der Waals surface area contributed by atoms with Crippen LogP contribution in [0.2, 0.25) is 0 Å². The monoisotopic (exact) mass is 432 g/mol. The number of ether oxygens (including phenoxy) is 1. The summed E-state index contributed by atoms with van der Waals surface area (Å²) in [7, 11) is 0. The van der Waals surface area contributed by atoms with Crippen molar-refractivity contribution in [2.24, 2.45) is 5.92 Å². The van der Waals surface area contributed by atoms with Crippen LogP contribution in [-0.4, -0.2) is 6.61 Å². The third kappa shape index (κ3) is 6.53. The molecule has 0 amide bonds. The van der Waals surface area contributed by atoms with Gasteiger partial charge < -0.3 is 4.74 Å². The molecule has 4 heteroatoms. The van der Waals surface area contributed by atoms with Crippen molar-refractivity contribution in [3.63, 3.8) is 0 Å². The summed E-state index contributed by atoms with van der Waals surface area (Å²) >= 11 is 11.3. The van der Waals surface area contributed by atoms with Crippen LogP contribution in [0.3, 0.4) is 0 Å². The molecule has 0 aromatic heterocycles. The fraction of sp³-hybridized carbons (Fsp3) is 0.417. The molecule has 0 aliphatic heterocycles. The van der Waals surface area contributed by atoms with E-state index in [1.54, 1.807) is 11.8 Å². The van der Waals surface area contributed by atoms with E-state index in [-0.39, 0.29) is 0 Å². The Balaban J connectivity index is 2.38. The Hall–Kier alpha value is -0.970. The standard InChI is InChI=1S/C24H32OS3/c1-6-17(4)19-11-12-21(25-14-13-16(2)3)20(15-19)23(26)24(27)28-22-10-8-7-9-18(22)5/h7-12,15-17,26-27H,6,13-14H2,1-5H3. The van der Waals surface area contributed by atoms with E-state index in [0.717, 1.165) is 33.3 Å². The largest absolute Gasteiger partial charge is 0.493 e. The SMILES string of the molecule is CCC(C)c1ccc(OCCC(C)C)c(C(S)=C(S)Sc2ccccc2C)c1. The van der Waals surface area contributed by atoms with Gasteiger partial charge >= 0.3 is 0 Å². The molecule has 1 nitrogen and oxygen atoms in total. The van der Waals surface area contributed by atoms with Crippen LogP contribution >= 0.6 is 37.0 Å². The molecule has 2 aromatic carbocycles. The fourth-order valence-electron chi connectivity index (χ4n) is 2.74. The second-order valence-electron chi connectivity index (χ2n) is 7.62. The van der Waals surface area contributed by atoms with Gasteiger partial charge in [0.15, 0.2) is 0 Å². The normalized spacial score (nSPS) is 13.4. The van der Waals surface area contributed by atoms with Crippen molar-refractivity contribution in [2.45, 2.75) is 58.3 Å². The zero-order valence-electron chi connectivity index (χ0n) is 17.5. The molecule has 0 aliphatic carbocycles. The Kier molecular flexibility index (Phi) is 9.39.